The van der Waals surface area contributed by atoms with E-state index < -0.39 is 0 Å². The van der Waals surface area contributed by atoms with Crippen LogP contribution in [0.3, 0.4) is 0 Å². The van der Waals surface area contributed by atoms with Crippen LogP contribution in [-0.4, -0.2) is 25.5 Å². The first-order valence-electron chi connectivity index (χ1n) is 9.51. The minimum absolute atomic E-state index is 0.204. The van der Waals surface area contributed by atoms with E-state index in [2.05, 4.69) is 10.6 Å². The Bertz CT molecular complexity index is 1210. The summed E-state index contributed by atoms with van der Waals surface area (Å²) in [5, 5.41) is 5.80. The molecule has 0 saturated carbocycles. The summed E-state index contributed by atoms with van der Waals surface area (Å²) in [5.74, 6) is 0.299. The number of halogens is 1. The molecule has 4 rings (SSSR count). The van der Waals surface area contributed by atoms with Gasteiger partial charge in [-0.3, -0.25) is 9.59 Å². The number of furan rings is 2. The standard InChI is InChI=1S/C23H19FN2O5/c1-25-23(28)21-18-11-16(30-13-20(27)26-12-17-3-2-10-29-17)8-9-19(18)31-22(21)14-4-6-15(24)7-5-14/h2-11H,12-13H2,1H3,(H,25,28)(H,26,27). The van der Waals surface area contributed by atoms with Gasteiger partial charge in [-0.25, -0.2) is 4.39 Å². The van der Waals surface area contributed by atoms with E-state index in [9.17, 15) is 14.0 Å². The van der Waals surface area contributed by atoms with Crippen LogP contribution in [0.1, 0.15) is 16.1 Å². The average molecular weight is 422 g/mol. The smallest absolute Gasteiger partial charge is 0.258 e. The van der Waals surface area contributed by atoms with E-state index in [1.165, 1.54) is 25.4 Å². The van der Waals surface area contributed by atoms with Crippen LogP contribution in [0.25, 0.3) is 22.3 Å². The molecule has 0 unspecified atom stereocenters. The van der Waals surface area contributed by atoms with Crippen molar-refractivity contribution >= 4 is 22.8 Å². The Morgan fingerprint density at radius 2 is 1.90 bits per heavy atom. The fourth-order valence-electron chi connectivity index (χ4n) is 3.12. The molecule has 158 valence electrons. The molecule has 8 heteroatoms. The Hall–Kier alpha value is -4.07. The molecule has 0 atom stereocenters. The van der Waals surface area contributed by atoms with E-state index in [0.29, 0.717) is 39.4 Å². The topological polar surface area (TPSA) is 93.7 Å². The van der Waals surface area contributed by atoms with Crippen LogP contribution in [0.5, 0.6) is 5.75 Å². The van der Waals surface area contributed by atoms with Gasteiger partial charge in [0.15, 0.2) is 6.61 Å². The van der Waals surface area contributed by atoms with E-state index in [0.717, 1.165) is 0 Å². The Morgan fingerprint density at radius 1 is 1.10 bits per heavy atom. The lowest BCUT2D eigenvalue weighted by Gasteiger charge is -2.07. The van der Waals surface area contributed by atoms with Crippen LogP contribution in [0.15, 0.2) is 69.7 Å². The van der Waals surface area contributed by atoms with Crippen molar-refractivity contribution in [1.82, 2.24) is 10.6 Å². The molecule has 0 spiro atoms. The highest BCUT2D eigenvalue weighted by Crippen LogP contribution is 2.35. The van der Waals surface area contributed by atoms with Crippen molar-refractivity contribution in [1.29, 1.82) is 0 Å². The first-order chi connectivity index (χ1) is 15.0. The molecule has 4 aromatic rings. The Balaban J connectivity index is 1.56. The van der Waals surface area contributed by atoms with Gasteiger partial charge in [-0.2, -0.15) is 0 Å². The lowest BCUT2D eigenvalue weighted by Crippen LogP contribution is -2.28. The average Bonchev–Trinajstić information content (AvgIpc) is 3.43. The van der Waals surface area contributed by atoms with Crippen molar-refractivity contribution in [2.75, 3.05) is 13.7 Å². The molecular formula is C23H19FN2O5. The fourth-order valence-corrected chi connectivity index (χ4v) is 3.12. The van der Waals surface area contributed by atoms with Gasteiger partial charge in [-0.05, 0) is 54.6 Å². The lowest BCUT2D eigenvalue weighted by molar-refractivity contribution is -0.123. The van der Waals surface area contributed by atoms with Gasteiger partial charge in [0.05, 0.1) is 18.4 Å². The number of carbonyl (C=O) groups excluding carboxylic acids is 2. The molecule has 0 bridgehead atoms. The maximum atomic E-state index is 13.3. The van der Waals surface area contributed by atoms with Crippen molar-refractivity contribution in [3.63, 3.8) is 0 Å². The molecular weight excluding hydrogens is 403 g/mol. The Kier molecular flexibility index (Phi) is 5.70. The molecule has 2 N–H and O–H groups in total. The van der Waals surface area contributed by atoms with Crippen LogP contribution in [-0.2, 0) is 11.3 Å². The van der Waals surface area contributed by atoms with Crippen LogP contribution < -0.4 is 15.4 Å². The molecule has 2 amide bonds. The summed E-state index contributed by atoms with van der Waals surface area (Å²) in [5.41, 5.74) is 1.33. The number of rotatable bonds is 7. The van der Waals surface area contributed by atoms with Crippen molar-refractivity contribution in [2.45, 2.75) is 6.54 Å². The van der Waals surface area contributed by atoms with E-state index in [1.54, 1.807) is 42.5 Å². The number of amides is 2. The summed E-state index contributed by atoms with van der Waals surface area (Å²) in [6.07, 6.45) is 1.53. The predicted molar refractivity (Wildman–Crippen MR) is 111 cm³/mol. The normalized spacial score (nSPS) is 10.8. The highest BCUT2D eigenvalue weighted by atomic mass is 19.1. The summed E-state index contributed by atoms with van der Waals surface area (Å²) < 4.78 is 29.9. The summed E-state index contributed by atoms with van der Waals surface area (Å²) in [4.78, 5) is 24.6. The molecule has 0 aliphatic carbocycles. The zero-order chi connectivity index (χ0) is 21.8. The molecule has 0 aliphatic rings. The van der Waals surface area contributed by atoms with Crippen molar-refractivity contribution < 1.29 is 27.6 Å². The zero-order valence-corrected chi connectivity index (χ0v) is 16.6. The predicted octanol–water partition coefficient (Wildman–Crippen LogP) is 3.89. The largest absolute Gasteiger partial charge is 0.484 e. The maximum absolute atomic E-state index is 13.3. The lowest BCUT2D eigenvalue weighted by atomic mass is 10.0. The van der Waals surface area contributed by atoms with Crippen molar-refractivity contribution in [2.24, 2.45) is 0 Å². The van der Waals surface area contributed by atoms with Gasteiger partial charge in [-0.15, -0.1) is 0 Å². The minimum Gasteiger partial charge on any atom is -0.484 e. The van der Waals surface area contributed by atoms with Crippen molar-refractivity contribution in [3.05, 3.63) is 78.0 Å². The third kappa shape index (κ3) is 4.42. The molecule has 0 radical (unpaired) electrons. The number of benzene rings is 2. The first kappa shape index (κ1) is 20.2. The highest BCUT2D eigenvalue weighted by molar-refractivity contribution is 6.11. The number of carbonyl (C=O) groups is 2. The molecule has 2 heterocycles. The SMILES string of the molecule is CNC(=O)c1c(-c2ccc(F)cc2)oc2ccc(OCC(=O)NCc3ccco3)cc12. The van der Waals surface area contributed by atoms with E-state index >= 15 is 0 Å². The van der Waals surface area contributed by atoms with Crippen LogP contribution in [0.2, 0.25) is 0 Å². The Labute approximate surface area is 176 Å². The van der Waals surface area contributed by atoms with Crippen LogP contribution in [0.4, 0.5) is 4.39 Å². The minimum atomic E-state index is -0.387. The van der Waals surface area contributed by atoms with Crippen molar-refractivity contribution in [3.8, 4) is 17.1 Å². The third-order valence-corrected chi connectivity index (χ3v) is 4.63. The number of hydrogen-bond acceptors (Lipinski definition) is 5. The number of hydrogen-bond donors (Lipinski definition) is 2. The second-order valence-electron chi connectivity index (χ2n) is 6.69. The molecule has 31 heavy (non-hydrogen) atoms. The second-order valence-corrected chi connectivity index (χ2v) is 6.69. The second kappa shape index (κ2) is 8.74. The molecule has 7 nitrogen and oxygen atoms in total. The fraction of sp³-hybridized carbons (Fsp3) is 0.130. The summed E-state index contributed by atoms with van der Waals surface area (Å²) in [7, 11) is 1.51. The first-order valence-corrected chi connectivity index (χ1v) is 9.51. The molecule has 2 aromatic carbocycles. The third-order valence-electron chi connectivity index (χ3n) is 4.63. The summed E-state index contributed by atoms with van der Waals surface area (Å²) in [6.45, 7) is 0.0575. The van der Waals surface area contributed by atoms with Gasteiger partial charge in [0.1, 0.15) is 28.7 Å². The molecule has 0 saturated heterocycles. The van der Waals surface area contributed by atoms with Gasteiger partial charge in [-0.1, -0.05) is 0 Å². The van der Waals surface area contributed by atoms with Gasteiger partial charge >= 0.3 is 0 Å². The monoisotopic (exact) mass is 422 g/mol. The van der Waals surface area contributed by atoms with Gasteiger partial charge in [0, 0.05) is 18.0 Å². The maximum Gasteiger partial charge on any atom is 0.258 e. The molecule has 0 fully saturated rings. The van der Waals surface area contributed by atoms with Gasteiger partial charge in [0.25, 0.3) is 11.8 Å². The molecule has 2 aromatic heterocycles. The quantitative estimate of drug-likeness (QED) is 0.471. The highest BCUT2D eigenvalue weighted by Gasteiger charge is 2.22. The van der Waals surface area contributed by atoms with E-state index in [-0.39, 0.29) is 30.8 Å². The molecule has 0 aliphatic heterocycles. The van der Waals surface area contributed by atoms with Crippen LogP contribution >= 0.6 is 0 Å². The van der Waals surface area contributed by atoms with E-state index in [1.807, 2.05) is 0 Å². The summed E-state index contributed by atoms with van der Waals surface area (Å²) >= 11 is 0. The number of ether oxygens (including phenoxy) is 1. The number of fused-ring (bicyclic) bond motifs is 1. The van der Waals surface area contributed by atoms with Crippen LogP contribution in [0, 0.1) is 5.82 Å². The number of nitrogens with one attached hydrogen (secondary N) is 2. The zero-order valence-electron chi connectivity index (χ0n) is 16.6. The van der Waals surface area contributed by atoms with E-state index in [4.69, 9.17) is 13.6 Å². The summed E-state index contributed by atoms with van der Waals surface area (Å²) in [6, 6.07) is 14.1. The van der Waals surface area contributed by atoms with Gasteiger partial charge < -0.3 is 24.2 Å². The Morgan fingerprint density at radius 3 is 2.61 bits per heavy atom. The van der Waals surface area contributed by atoms with Gasteiger partial charge in [0.2, 0.25) is 0 Å².